The van der Waals surface area contributed by atoms with E-state index in [-0.39, 0.29) is 5.41 Å². The van der Waals surface area contributed by atoms with E-state index >= 15 is 0 Å². The molecule has 0 bridgehead atoms. The van der Waals surface area contributed by atoms with Gasteiger partial charge in [-0.1, -0.05) is 44.5 Å². The van der Waals surface area contributed by atoms with E-state index in [2.05, 4.69) is 38.2 Å². The van der Waals surface area contributed by atoms with Crippen molar-refractivity contribution in [1.82, 2.24) is 5.32 Å². The molecule has 0 aromatic heterocycles. The molecule has 0 amide bonds. The first-order valence-electron chi connectivity index (χ1n) is 4.88. The number of hydrogen-bond donors (Lipinski definition) is 1. The number of benzene rings is 1. The molecule has 78 valence electrons. The topological polar surface area (TPSA) is 12.0 Å². The van der Waals surface area contributed by atoms with Crippen molar-refractivity contribution < 1.29 is 0 Å². The van der Waals surface area contributed by atoms with Crippen LogP contribution in [0.4, 0.5) is 0 Å². The van der Waals surface area contributed by atoms with Crippen molar-refractivity contribution in [2.75, 3.05) is 7.05 Å². The zero-order valence-electron chi connectivity index (χ0n) is 9.26. The Bertz CT molecular complexity index is 284. The highest BCUT2D eigenvalue weighted by molar-refractivity contribution is 6.30. The predicted molar refractivity (Wildman–Crippen MR) is 62.7 cm³/mol. The van der Waals surface area contributed by atoms with Crippen molar-refractivity contribution in [3.8, 4) is 0 Å². The van der Waals surface area contributed by atoms with Gasteiger partial charge in [0.25, 0.3) is 0 Å². The first-order chi connectivity index (χ1) is 6.45. The van der Waals surface area contributed by atoms with E-state index in [1.807, 2.05) is 19.2 Å². The molecule has 0 fully saturated rings. The van der Waals surface area contributed by atoms with Crippen molar-refractivity contribution in [3.63, 3.8) is 0 Å². The van der Waals surface area contributed by atoms with Crippen LogP contribution in [0, 0.1) is 5.41 Å². The Kier molecular flexibility index (Phi) is 3.57. The molecule has 1 rings (SSSR count). The maximum atomic E-state index is 5.85. The van der Waals surface area contributed by atoms with Gasteiger partial charge in [0.15, 0.2) is 0 Å². The third-order valence-corrected chi connectivity index (χ3v) is 2.61. The monoisotopic (exact) mass is 211 g/mol. The minimum Gasteiger partial charge on any atom is -0.313 e. The molecular formula is C12H18ClN. The Hall–Kier alpha value is -0.530. The Balaban J connectivity index is 2.96. The second-order valence-electron chi connectivity index (χ2n) is 4.64. The Morgan fingerprint density at radius 2 is 1.64 bits per heavy atom. The molecule has 0 aliphatic carbocycles. The van der Waals surface area contributed by atoms with Crippen LogP contribution in [-0.2, 0) is 0 Å². The maximum absolute atomic E-state index is 5.85. The highest BCUT2D eigenvalue weighted by atomic mass is 35.5. The summed E-state index contributed by atoms with van der Waals surface area (Å²) in [6.45, 7) is 6.67. The summed E-state index contributed by atoms with van der Waals surface area (Å²) < 4.78 is 0. The SMILES string of the molecule is CN[C@H](c1ccc(Cl)cc1)C(C)(C)C. The average Bonchev–Trinajstić information content (AvgIpc) is 2.07. The van der Waals surface area contributed by atoms with Crippen LogP contribution in [0.25, 0.3) is 0 Å². The molecule has 1 nitrogen and oxygen atoms in total. The summed E-state index contributed by atoms with van der Waals surface area (Å²) in [4.78, 5) is 0. The van der Waals surface area contributed by atoms with E-state index in [1.165, 1.54) is 5.56 Å². The minimum atomic E-state index is 0.211. The summed E-state index contributed by atoms with van der Waals surface area (Å²) in [5.74, 6) is 0. The van der Waals surface area contributed by atoms with Gasteiger partial charge in [-0.25, -0.2) is 0 Å². The van der Waals surface area contributed by atoms with Gasteiger partial charge in [0, 0.05) is 11.1 Å². The first kappa shape index (κ1) is 11.5. The van der Waals surface area contributed by atoms with Crippen LogP contribution in [0.3, 0.4) is 0 Å². The summed E-state index contributed by atoms with van der Waals surface area (Å²) in [5.41, 5.74) is 1.49. The lowest BCUT2D eigenvalue weighted by Gasteiger charge is -2.30. The zero-order valence-corrected chi connectivity index (χ0v) is 10.0. The summed E-state index contributed by atoms with van der Waals surface area (Å²) in [6, 6.07) is 8.39. The number of hydrogen-bond acceptors (Lipinski definition) is 1. The highest BCUT2D eigenvalue weighted by Gasteiger charge is 2.24. The fourth-order valence-electron chi connectivity index (χ4n) is 1.75. The van der Waals surface area contributed by atoms with Crippen LogP contribution in [0.1, 0.15) is 32.4 Å². The first-order valence-corrected chi connectivity index (χ1v) is 5.25. The van der Waals surface area contributed by atoms with Crippen molar-refractivity contribution in [3.05, 3.63) is 34.9 Å². The summed E-state index contributed by atoms with van der Waals surface area (Å²) in [5, 5.41) is 4.12. The molecule has 0 saturated carbocycles. The van der Waals surface area contributed by atoms with E-state index in [9.17, 15) is 0 Å². The smallest absolute Gasteiger partial charge is 0.0406 e. The molecule has 0 heterocycles. The molecular weight excluding hydrogens is 194 g/mol. The Labute approximate surface area is 91.5 Å². The maximum Gasteiger partial charge on any atom is 0.0406 e. The predicted octanol–water partition coefficient (Wildman–Crippen LogP) is 3.65. The molecule has 1 aromatic carbocycles. The van der Waals surface area contributed by atoms with Gasteiger partial charge in [-0.15, -0.1) is 0 Å². The summed E-state index contributed by atoms with van der Waals surface area (Å²) >= 11 is 5.85. The third-order valence-electron chi connectivity index (χ3n) is 2.36. The van der Waals surface area contributed by atoms with Crippen LogP contribution in [0.5, 0.6) is 0 Å². The molecule has 0 spiro atoms. The molecule has 0 aliphatic rings. The van der Waals surface area contributed by atoms with Gasteiger partial charge in [0.2, 0.25) is 0 Å². The molecule has 0 saturated heterocycles. The lowest BCUT2D eigenvalue weighted by atomic mass is 9.82. The van der Waals surface area contributed by atoms with Gasteiger partial charge < -0.3 is 5.32 Å². The van der Waals surface area contributed by atoms with Crippen molar-refractivity contribution in [1.29, 1.82) is 0 Å². The van der Waals surface area contributed by atoms with E-state index < -0.39 is 0 Å². The van der Waals surface area contributed by atoms with Crippen molar-refractivity contribution in [2.24, 2.45) is 5.41 Å². The fraction of sp³-hybridized carbons (Fsp3) is 0.500. The molecule has 1 aromatic rings. The molecule has 2 heteroatoms. The fourth-order valence-corrected chi connectivity index (χ4v) is 1.88. The second kappa shape index (κ2) is 4.33. The van der Waals surface area contributed by atoms with Gasteiger partial charge in [-0.05, 0) is 30.2 Å². The Morgan fingerprint density at radius 3 is 2.00 bits per heavy atom. The van der Waals surface area contributed by atoms with Gasteiger partial charge in [-0.3, -0.25) is 0 Å². The van der Waals surface area contributed by atoms with E-state index in [4.69, 9.17) is 11.6 Å². The zero-order chi connectivity index (χ0) is 10.8. The number of rotatable bonds is 2. The summed E-state index contributed by atoms with van der Waals surface area (Å²) in [7, 11) is 1.99. The lowest BCUT2D eigenvalue weighted by molar-refractivity contribution is 0.287. The van der Waals surface area contributed by atoms with Gasteiger partial charge in [0.05, 0.1) is 0 Å². The van der Waals surface area contributed by atoms with Gasteiger partial charge in [-0.2, -0.15) is 0 Å². The number of nitrogens with one attached hydrogen (secondary N) is 1. The standard InChI is InChI=1S/C12H18ClN/c1-12(2,3)11(14-4)9-5-7-10(13)8-6-9/h5-8,11,14H,1-4H3/t11-/m1/s1. The van der Waals surface area contributed by atoms with E-state index in [0.29, 0.717) is 6.04 Å². The quantitative estimate of drug-likeness (QED) is 0.788. The molecule has 14 heavy (non-hydrogen) atoms. The normalized spacial score (nSPS) is 14.1. The van der Waals surface area contributed by atoms with Crippen LogP contribution >= 0.6 is 11.6 Å². The van der Waals surface area contributed by atoms with Crippen LogP contribution in [0.15, 0.2) is 24.3 Å². The minimum absolute atomic E-state index is 0.211. The summed E-state index contributed by atoms with van der Waals surface area (Å²) in [6.07, 6.45) is 0. The van der Waals surface area contributed by atoms with Gasteiger partial charge >= 0.3 is 0 Å². The molecule has 1 atom stereocenters. The molecule has 0 unspecified atom stereocenters. The average molecular weight is 212 g/mol. The molecule has 0 aliphatic heterocycles. The molecule has 0 radical (unpaired) electrons. The highest BCUT2D eigenvalue weighted by Crippen LogP contribution is 2.32. The van der Waals surface area contributed by atoms with Gasteiger partial charge in [0.1, 0.15) is 0 Å². The van der Waals surface area contributed by atoms with E-state index in [0.717, 1.165) is 5.02 Å². The van der Waals surface area contributed by atoms with Crippen molar-refractivity contribution >= 4 is 11.6 Å². The van der Waals surface area contributed by atoms with E-state index in [1.54, 1.807) is 0 Å². The van der Waals surface area contributed by atoms with Crippen LogP contribution in [0.2, 0.25) is 5.02 Å². The van der Waals surface area contributed by atoms with Crippen LogP contribution in [-0.4, -0.2) is 7.05 Å². The number of halogens is 1. The molecule has 1 N–H and O–H groups in total. The van der Waals surface area contributed by atoms with Crippen molar-refractivity contribution in [2.45, 2.75) is 26.8 Å². The lowest BCUT2D eigenvalue weighted by Crippen LogP contribution is -2.29. The van der Waals surface area contributed by atoms with Crippen LogP contribution < -0.4 is 5.32 Å². The Morgan fingerprint density at radius 1 is 1.14 bits per heavy atom. The largest absolute Gasteiger partial charge is 0.313 e. The third kappa shape index (κ3) is 2.73. The second-order valence-corrected chi connectivity index (χ2v) is 5.08.